The molecule has 0 aromatic rings. The van der Waals surface area contributed by atoms with Crippen molar-refractivity contribution in [1.82, 2.24) is 5.32 Å². The lowest BCUT2D eigenvalue weighted by Crippen LogP contribution is -2.29. The molecule has 0 rings (SSSR count). The van der Waals surface area contributed by atoms with Crippen molar-refractivity contribution in [3.63, 3.8) is 0 Å². The van der Waals surface area contributed by atoms with Crippen LogP contribution >= 0.6 is 0 Å². The maximum absolute atomic E-state index is 12.3. The van der Waals surface area contributed by atoms with Crippen LogP contribution in [0.1, 0.15) is 232 Å². The van der Waals surface area contributed by atoms with Gasteiger partial charge in [-0.25, -0.2) is 0 Å². The van der Waals surface area contributed by atoms with Gasteiger partial charge in [-0.05, 0) is 12.8 Å². The molecule has 44 heavy (non-hydrogen) atoms. The second-order valence-electron chi connectivity index (χ2n) is 14.0. The summed E-state index contributed by atoms with van der Waals surface area (Å²) >= 11 is 0. The number of carbonyl (C=O) groups is 2. The lowest BCUT2D eigenvalue weighted by atomic mass is 9.96. The number of hydrogen-bond acceptors (Lipinski definition) is 2. The maximum Gasteiger partial charge on any atom is 0.307 e. The number of amides is 1. The first-order valence-corrected chi connectivity index (χ1v) is 20.1. The molecular formula is C40H79NO3. The minimum absolute atomic E-state index is 0.0881. The SMILES string of the molecule is CCCCCCCCCCCCCCCCCCNC(=O)CC(CCCCCCCCCCCCCCCCCC)C(=O)O. The van der Waals surface area contributed by atoms with E-state index in [1.165, 1.54) is 180 Å². The average Bonchev–Trinajstić information content (AvgIpc) is 3.01. The van der Waals surface area contributed by atoms with E-state index in [9.17, 15) is 14.7 Å². The molecule has 0 aromatic carbocycles. The Morgan fingerprint density at radius 3 is 1.00 bits per heavy atom. The van der Waals surface area contributed by atoms with Gasteiger partial charge in [-0.15, -0.1) is 0 Å². The number of aliphatic carboxylic acids is 1. The van der Waals surface area contributed by atoms with Crippen molar-refractivity contribution in [1.29, 1.82) is 0 Å². The summed E-state index contributed by atoms with van der Waals surface area (Å²) in [6, 6.07) is 0. The molecule has 0 fully saturated rings. The topological polar surface area (TPSA) is 66.4 Å². The molecule has 262 valence electrons. The Hall–Kier alpha value is -1.06. The van der Waals surface area contributed by atoms with E-state index in [4.69, 9.17) is 0 Å². The van der Waals surface area contributed by atoms with Crippen molar-refractivity contribution >= 4 is 11.9 Å². The van der Waals surface area contributed by atoms with E-state index >= 15 is 0 Å². The molecule has 4 heteroatoms. The van der Waals surface area contributed by atoms with Crippen LogP contribution in [0, 0.1) is 5.92 Å². The highest BCUT2D eigenvalue weighted by Crippen LogP contribution is 2.18. The van der Waals surface area contributed by atoms with Crippen LogP contribution in [0.3, 0.4) is 0 Å². The van der Waals surface area contributed by atoms with Gasteiger partial charge in [-0.3, -0.25) is 9.59 Å². The standard InChI is InChI=1S/C40H79NO3/c1-3-5-7-9-11-13-15-17-19-21-23-25-27-29-31-33-35-38(40(43)44)37-39(42)41-36-34-32-30-28-26-24-22-20-18-16-14-12-10-8-6-4-2/h38H,3-37H2,1-2H3,(H,41,42)(H,43,44). The molecule has 4 nitrogen and oxygen atoms in total. The summed E-state index contributed by atoms with van der Waals surface area (Å²) in [6.07, 6.45) is 43.3. The summed E-state index contributed by atoms with van der Waals surface area (Å²) in [5.41, 5.74) is 0. The van der Waals surface area contributed by atoms with Gasteiger partial charge in [0, 0.05) is 13.0 Å². The lowest BCUT2D eigenvalue weighted by Gasteiger charge is -2.12. The minimum atomic E-state index is -0.816. The van der Waals surface area contributed by atoms with Crippen LogP contribution < -0.4 is 5.32 Å². The normalized spacial score (nSPS) is 12.0. The number of carbonyl (C=O) groups excluding carboxylic acids is 1. The summed E-state index contributed by atoms with van der Waals surface area (Å²) in [5.74, 6) is -1.44. The Balaban J connectivity index is 3.49. The van der Waals surface area contributed by atoms with Crippen LogP contribution in [-0.4, -0.2) is 23.5 Å². The van der Waals surface area contributed by atoms with Crippen molar-refractivity contribution < 1.29 is 14.7 Å². The first-order chi connectivity index (χ1) is 21.6. The van der Waals surface area contributed by atoms with E-state index in [-0.39, 0.29) is 12.3 Å². The largest absolute Gasteiger partial charge is 0.481 e. The van der Waals surface area contributed by atoms with Crippen LogP contribution in [0.25, 0.3) is 0 Å². The highest BCUT2D eigenvalue weighted by Gasteiger charge is 2.20. The predicted octanol–water partition coefficient (Wildman–Crippen LogP) is 13.1. The van der Waals surface area contributed by atoms with Crippen molar-refractivity contribution in [2.75, 3.05) is 6.54 Å². The molecule has 0 bridgehead atoms. The number of carboxylic acids is 1. The van der Waals surface area contributed by atoms with Crippen LogP contribution in [0.15, 0.2) is 0 Å². The van der Waals surface area contributed by atoms with E-state index in [1.807, 2.05) is 0 Å². The van der Waals surface area contributed by atoms with Gasteiger partial charge in [0.25, 0.3) is 0 Å². The van der Waals surface area contributed by atoms with Crippen LogP contribution in [0.5, 0.6) is 0 Å². The molecule has 0 radical (unpaired) electrons. The van der Waals surface area contributed by atoms with Crippen molar-refractivity contribution in [3.8, 4) is 0 Å². The van der Waals surface area contributed by atoms with E-state index in [1.54, 1.807) is 0 Å². The monoisotopic (exact) mass is 622 g/mol. The third-order valence-electron chi connectivity index (χ3n) is 9.54. The fourth-order valence-electron chi connectivity index (χ4n) is 6.45. The second kappa shape index (κ2) is 36.4. The van der Waals surface area contributed by atoms with Gasteiger partial charge in [-0.2, -0.15) is 0 Å². The van der Waals surface area contributed by atoms with Gasteiger partial charge in [0.05, 0.1) is 5.92 Å². The minimum Gasteiger partial charge on any atom is -0.481 e. The summed E-state index contributed by atoms with van der Waals surface area (Å²) in [6.45, 7) is 5.24. The third kappa shape index (κ3) is 33.8. The first-order valence-electron chi connectivity index (χ1n) is 20.1. The van der Waals surface area contributed by atoms with Gasteiger partial charge >= 0.3 is 5.97 Å². The molecule has 1 atom stereocenters. The average molecular weight is 622 g/mol. The van der Waals surface area contributed by atoms with Gasteiger partial charge in [0.2, 0.25) is 5.91 Å². The number of unbranched alkanes of at least 4 members (excludes halogenated alkanes) is 30. The smallest absolute Gasteiger partial charge is 0.307 e. The molecule has 0 spiro atoms. The quantitative estimate of drug-likeness (QED) is 0.0678. The highest BCUT2D eigenvalue weighted by molar-refractivity contribution is 5.82. The second-order valence-corrected chi connectivity index (χ2v) is 14.0. The molecule has 0 aliphatic carbocycles. The molecule has 0 saturated carbocycles. The Kier molecular flexibility index (Phi) is 35.5. The lowest BCUT2D eigenvalue weighted by molar-refractivity contribution is -0.144. The van der Waals surface area contributed by atoms with Gasteiger partial charge in [0.1, 0.15) is 0 Å². The fourth-order valence-corrected chi connectivity index (χ4v) is 6.45. The number of nitrogens with one attached hydrogen (secondary N) is 1. The molecule has 0 aliphatic rings. The molecule has 0 aliphatic heterocycles. The zero-order valence-electron chi connectivity index (χ0n) is 30.1. The Bertz CT molecular complexity index is 593. The van der Waals surface area contributed by atoms with E-state index in [0.717, 1.165) is 25.7 Å². The molecule has 0 aromatic heterocycles. The molecule has 1 unspecified atom stereocenters. The molecular weight excluding hydrogens is 542 g/mol. The zero-order valence-corrected chi connectivity index (χ0v) is 30.1. The number of rotatable bonds is 37. The summed E-state index contributed by atoms with van der Waals surface area (Å²) < 4.78 is 0. The Labute approximate surface area is 276 Å². The number of carboxylic acid groups (broad SMARTS) is 1. The number of hydrogen-bond donors (Lipinski definition) is 2. The van der Waals surface area contributed by atoms with Crippen LogP contribution in [0.4, 0.5) is 0 Å². The van der Waals surface area contributed by atoms with Crippen molar-refractivity contribution in [3.05, 3.63) is 0 Å². The predicted molar refractivity (Wildman–Crippen MR) is 192 cm³/mol. The molecule has 2 N–H and O–H groups in total. The first kappa shape index (κ1) is 42.9. The summed E-state index contributed by atoms with van der Waals surface area (Å²) in [7, 11) is 0. The Morgan fingerprint density at radius 2 is 0.705 bits per heavy atom. The molecule has 0 heterocycles. The van der Waals surface area contributed by atoms with Crippen molar-refractivity contribution in [2.24, 2.45) is 5.92 Å². The zero-order chi connectivity index (χ0) is 32.2. The van der Waals surface area contributed by atoms with Crippen molar-refractivity contribution in [2.45, 2.75) is 232 Å². The van der Waals surface area contributed by atoms with E-state index in [2.05, 4.69) is 19.2 Å². The van der Waals surface area contributed by atoms with E-state index < -0.39 is 11.9 Å². The summed E-state index contributed by atoms with van der Waals surface area (Å²) in [4.78, 5) is 24.0. The van der Waals surface area contributed by atoms with E-state index in [0.29, 0.717) is 13.0 Å². The third-order valence-corrected chi connectivity index (χ3v) is 9.54. The highest BCUT2D eigenvalue weighted by atomic mass is 16.4. The summed E-state index contributed by atoms with van der Waals surface area (Å²) in [5, 5.41) is 12.6. The van der Waals surface area contributed by atoms with Crippen LogP contribution in [0.2, 0.25) is 0 Å². The van der Waals surface area contributed by atoms with Gasteiger partial charge in [-0.1, -0.05) is 213 Å². The Morgan fingerprint density at radius 1 is 0.432 bits per heavy atom. The fraction of sp³-hybridized carbons (Fsp3) is 0.950. The maximum atomic E-state index is 12.3. The van der Waals surface area contributed by atoms with Gasteiger partial charge < -0.3 is 10.4 Å². The molecule has 1 amide bonds. The van der Waals surface area contributed by atoms with Gasteiger partial charge in [0.15, 0.2) is 0 Å². The molecule has 0 saturated heterocycles. The van der Waals surface area contributed by atoms with Crippen LogP contribution in [-0.2, 0) is 9.59 Å².